The minimum absolute atomic E-state index is 0.0648. The number of benzene rings is 1. The number of unbranched alkanes of at least 4 members (excludes halogenated alkanes) is 1. The number of carbonyl (C=O) groups is 1. The van der Waals surface area contributed by atoms with Crippen LogP contribution in [-0.2, 0) is 4.79 Å². The van der Waals surface area contributed by atoms with E-state index in [0.717, 1.165) is 0 Å². The number of halogens is 1. The number of nitrogens with zero attached hydrogens (tertiary/aromatic N) is 2. The van der Waals surface area contributed by atoms with Crippen LogP contribution in [0.15, 0.2) is 24.3 Å². The molecule has 6 nitrogen and oxygen atoms in total. The number of nitrogens with one attached hydrogen (secondary N) is 2. The highest BCUT2D eigenvalue weighted by atomic mass is 35.5. The molecule has 1 aromatic heterocycles. The van der Waals surface area contributed by atoms with E-state index >= 15 is 0 Å². The number of aromatic nitrogens is 2. The molecule has 0 aliphatic rings. The van der Waals surface area contributed by atoms with Crippen molar-refractivity contribution in [3.63, 3.8) is 0 Å². The lowest BCUT2D eigenvalue weighted by Crippen LogP contribution is -2.11. The number of hydrogen-bond acceptors (Lipinski definition) is 4. The van der Waals surface area contributed by atoms with Gasteiger partial charge in [0.05, 0.1) is 11.8 Å². The van der Waals surface area contributed by atoms with E-state index < -0.39 is 0 Å². The van der Waals surface area contributed by atoms with Crippen LogP contribution >= 0.6 is 11.6 Å². The van der Waals surface area contributed by atoms with E-state index in [4.69, 9.17) is 16.9 Å². The zero-order valence-electron chi connectivity index (χ0n) is 11.1. The number of hydrogen-bond donors (Lipinski definition) is 3. The highest BCUT2D eigenvalue weighted by molar-refractivity contribution is 6.30. The molecule has 0 saturated heterocycles. The number of aromatic hydroxyl groups is 1. The van der Waals surface area contributed by atoms with Crippen molar-refractivity contribution >= 4 is 23.3 Å². The van der Waals surface area contributed by atoms with Gasteiger partial charge >= 0.3 is 0 Å². The van der Waals surface area contributed by atoms with Crippen LogP contribution in [0.1, 0.15) is 19.3 Å². The van der Waals surface area contributed by atoms with Gasteiger partial charge in [0.15, 0.2) is 5.82 Å². The van der Waals surface area contributed by atoms with Gasteiger partial charge in [-0.3, -0.25) is 9.89 Å². The SMILES string of the molecule is N#CCCCC(=O)Nc1cc(-c2cc(Cl)ccc2O)[nH]n1. The Hall–Kier alpha value is -2.52. The topological polar surface area (TPSA) is 102 Å². The maximum atomic E-state index is 11.6. The van der Waals surface area contributed by atoms with E-state index in [1.54, 1.807) is 18.2 Å². The summed E-state index contributed by atoms with van der Waals surface area (Å²) in [4.78, 5) is 11.6. The number of phenols is 1. The molecule has 2 aromatic rings. The standard InChI is InChI=1S/C14H13ClN4O2/c15-9-4-5-12(20)10(7-9)11-8-13(19-18-11)17-14(21)3-1-2-6-16/h4-5,7-8,20H,1-3H2,(H2,17,18,19,21). The summed E-state index contributed by atoms with van der Waals surface area (Å²) in [7, 11) is 0. The first kappa shape index (κ1) is 14.9. The molecule has 0 spiro atoms. The molecule has 2 rings (SSSR count). The molecule has 0 bridgehead atoms. The number of H-pyrrole nitrogens is 1. The maximum absolute atomic E-state index is 11.6. The van der Waals surface area contributed by atoms with Crippen molar-refractivity contribution in [2.75, 3.05) is 5.32 Å². The Morgan fingerprint density at radius 1 is 1.48 bits per heavy atom. The van der Waals surface area contributed by atoms with E-state index in [1.807, 2.05) is 6.07 Å². The summed E-state index contributed by atoms with van der Waals surface area (Å²) in [6, 6.07) is 8.25. The van der Waals surface area contributed by atoms with Gasteiger partial charge in [-0.15, -0.1) is 0 Å². The summed E-state index contributed by atoms with van der Waals surface area (Å²) in [6.07, 6.45) is 1.11. The van der Waals surface area contributed by atoms with Crippen LogP contribution in [0, 0.1) is 11.3 Å². The van der Waals surface area contributed by atoms with Gasteiger partial charge in [-0.05, 0) is 24.6 Å². The predicted molar refractivity (Wildman–Crippen MR) is 78.8 cm³/mol. The van der Waals surface area contributed by atoms with Crippen LogP contribution in [0.4, 0.5) is 5.82 Å². The third-order valence-electron chi connectivity index (χ3n) is 2.79. The molecule has 0 unspecified atom stereocenters. The molecule has 0 aliphatic heterocycles. The normalized spacial score (nSPS) is 10.1. The molecule has 1 heterocycles. The van der Waals surface area contributed by atoms with Crippen molar-refractivity contribution in [3.05, 3.63) is 29.3 Å². The molecule has 108 valence electrons. The first-order valence-electron chi connectivity index (χ1n) is 6.31. The molecule has 1 amide bonds. The third-order valence-corrected chi connectivity index (χ3v) is 3.02. The minimum atomic E-state index is -0.210. The molecule has 7 heteroatoms. The second-order valence-electron chi connectivity index (χ2n) is 4.39. The Morgan fingerprint density at radius 3 is 3.05 bits per heavy atom. The second kappa shape index (κ2) is 6.77. The van der Waals surface area contributed by atoms with Crippen molar-refractivity contribution in [2.24, 2.45) is 0 Å². The highest BCUT2D eigenvalue weighted by Crippen LogP contribution is 2.31. The number of anilines is 1. The Morgan fingerprint density at radius 2 is 2.29 bits per heavy atom. The molecule has 21 heavy (non-hydrogen) atoms. The summed E-state index contributed by atoms with van der Waals surface area (Å²) >= 11 is 5.89. The Kier molecular flexibility index (Phi) is 4.80. The fourth-order valence-corrected chi connectivity index (χ4v) is 1.95. The van der Waals surface area contributed by atoms with Crippen LogP contribution in [0.2, 0.25) is 5.02 Å². The van der Waals surface area contributed by atoms with Crippen LogP contribution < -0.4 is 5.32 Å². The maximum Gasteiger partial charge on any atom is 0.225 e. The molecule has 0 fully saturated rings. The Bertz CT molecular complexity index is 691. The van der Waals surface area contributed by atoms with Crippen molar-refractivity contribution in [2.45, 2.75) is 19.3 Å². The average molecular weight is 305 g/mol. The second-order valence-corrected chi connectivity index (χ2v) is 4.82. The lowest BCUT2D eigenvalue weighted by Gasteiger charge is -2.01. The lowest BCUT2D eigenvalue weighted by atomic mass is 10.1. The van der Waals surface area contributed by atoms with Crippen LogP contribution in [0.5, 0.6) is 5.75 Å². The van der Waals surface area contributed by atoms with E-state index in [1.165, 1.54) is 6.07 Å². The van der Waals surface area contributed by atoms with Crippen LogP contribution in [0.3, 0.4) is 0 Å². The van der Waals surface area contributed by atoms with Gasteiger partial charge in [-0.1, -0.05) is 11.6 Å². The van der Waals surface area contributed by atoms with Gasteiger partial charge < -0.3 is 10.4 Å². The molecule has 3 N–H and O–H groups in total. The summed E-state index contributed by atoms with van der Waals surface area (Å²) < 4.78 is 0. The van der Waals surface area contributed by atoms with Gasteiger partial charge in [0.25, 0.3) is 0 Å². The highest BCUT2D eigenvalue weighted by Gasteiger charge is 2.10. The number of phenolic OH excluding ortho intramolecular Hbond substituents is 1. The third kappa shape index (κ3) is 3.97. The molecular weight excluding hydrogens is 292 g/mol. The fraction of sp³-hybridized carbons (Fsp3) is 0.214. The Labute approximate surface area is 126 Å². The number of aromatic amines is 1. The quantitative estimate of drug-likeness (QED) is 0.739. The summed E-state index contributed by atoms with van der Waals surface area (Å²) in [5.74, 6) is 0.208. The molecule has 1 aromatic carbocycles. The van der Waals surface area contributed by atoms with Crippen molar-refractivity contribution in [3.8, 4) is 23.1 Å². The van der Waals surface area contributed by atoms with Gasteiger partial charge in [-0.25, -0.2) is 0 Å². The van der Waals surface area contributed by atoms with Crippen LogP contribution in [0.25, 0.3) is 11.3 Å². The minimum Gasteiger partial charge on any atom is -0.507 e. The van der Waals surface area contributed by atoms with Gasteiger partial charge in [0.1, 0.15) is 5.75 Å². The first-order valence-corrected chi connectivity index (χ1v) is 6.69. The van der Waals surface area contributed by atoms with Gasteiger partial charge in [0, 0.05) is 29.5 Å². The largest absolute Gasteiger partial charge is 0.507 e. The van der Waals surface area contributed by atoms with E-state index in [2.05, 4.69) is 15.5 Å². The van der Waals surface area contributed by atoms with E-state index in [-0.39, 0.29) is 18.1 Å². The Balaban J connectivity index is 2.06. The first-order chi connectivity index (χ1) is 10.1. The van der Waals surface area contributed by atoms with Crippen molar-refractivity contribution in [1.82, 2.24) is 10.2 Å². The molecular formula is C14H13ClN4O2. The van der Waals surface area contributed by atoms with Gasteiger partial charge in [-0.2, -0.15) is 10.4 Å². The zero-order valence-corrected chi connectivity index (χ0v) is 11.8. The number of rotatable bonds is 5. The predicted octanol–water partition coefficient (Wildman–Crippen LogP) is 3.07. The smallest absolute Gasteiger partial charge is 0.225 e. The summed E-state index contributed by atoms with van der Waals surface area (Å²) in [5.41, 5.74) is 1.04. The monoisotopic (exact) mass is 304 g/mol. The molecule has 0 radical (unpaired) electrons. The molecule has 0 aliphatic carbocycles. The van der Waals surface area contributed by atoms with E-state index in [0.29, 0.717) is 34.9 Å². The number of nitriles is 1. The summed E-state index contributed by atoms with van der Waals surface area (Å²) in [5, 5.41) is 28.0. The number of carbonyl (C=O) groups excluding carboxylic acids is 1. The van der Waals surface area contributed by atoms with E-state index in [9.17, 15) is 9.90 Å². The summed E-state index contributed by atoms with van der Waals surface area (Å²) in [6.45, 7) is 0. The zero-order chi connectivity index (χ0) is 15.2. The van der Waals surface area contributed by atoms with Crippen molar-refractivity contribution in [1.29, 1.82) is 5.26 Å². The van der Waals surface area contributed by atoms with Crippen molar-refractivity contribution < 1.29 is 9.90 Å². The van der Waals surface area contributed by atoms with Crippen LogP contribution in [-0.4, -0.2) is 21.2 Å². The molecule has 0 atom stereocenters. The average Bonchev–Trinajstić information content (AvgIpc) is 2.90. The molecule has 0 saturated carbocycles. The van der Waals surface area contributed by atoms with Gasteiger partial charge in [0.2, 0.25) is 5.91 Å². The number of amides is 1. The fourth-order valence-electron chi connectivity index (χ4n) is 1.78. The lowest BCUT2D eigenvalue weighted by molar-refractivity contribution is -0.116.